The summed E-state index contributed by atoms with van der Waals surface area (Å²) < 4.78 is 0. The Balaban J connectivity index is 2.73. The first-order chi connectivity index (χ1) is 6.13. The van der Waals surface area contributed by atoms with E-state index >= 15 is 0 Å². The number of nitrogens with zero attached hydrogens (tertiary/aromatic N) is 1. The minimum Gasteiger partial charge on any atom is -0.397 e. The summed E-state index contributed by atoms with van der Waals surface area (Å²) in [6, 6.07) is 2.15. The number of hydrogen-bond acceptors (Lipinski definition) is 4. The smallest absolute Gasteiger partial charge is 0.126 e. The topological polar surface area (TPSA) is 77.0 Å². The molecule has 0 bridgehead atoms. The van der Waals surface area contributed by atoms with Crippen molar-refractivity contribution in [3.63, 3.8) is 0 Å². The summed E-state index contributed by atoms with van der Waals surface area (Å²) in [5.41, 5.74) is 12.9. The number of pyridine rings is 1. The molecule has 0 fully saturated rings. The fraction of sp³-hybridized carbons (Fsp3) is 0.444. The normalized spacial score (nSPS) is 12.5. The van der Waals surface area contributed by atoms with Crippen LogP contribution in [-0.2, 0) is 0 Å². The van der Waals surface area contributed by atoms with Gasteiger partial charge in [-0.25, -0.2) is 4.98 Å². The van der Waals surface area contributed by atoms with E-state index in [1.807, 2.05) is 19.9 Å². The highest BCUT2D eigenvalue weighted by Gasteiger charge is 2.01. The molecular formula is C9H16N4. The van der Waals surface area contributed by atoms with Crippen LogP contribution in [0.2, 0.25) is 0 Å². The fourth-order valence-electron chi connectivity index (χ4n) is 0.957. The molecule has 0 spiro atoms. The van der Waals surface area contributed by atoms with Crippen LogP contribution in [-0.4, -0.2) is 17.6 Å². The van der Waals surface area contributed by atoms with E-state index in [1.165, 1.54) is 0 Å². The second kappa shape index (κ2) is 4.09. The summed E-state index contributed by atoms with van der Waals surface area (Å²) in [4.78, 5) is 4.14. The van der Waals surface area contributed by atoms with Crippen molar-refractivity contribution >= 4 is 11.5 Å². The summed E-state index contributed by atoms with van der Waals surface area (Å²) in [5.74, 6) is 0.824. The van der Waals surface area contributed by atoms with Crippen LogP contribution in [0, 0.1) is 6.92 Å². The van der Waals surface area contributed by atoms with Crippen LogP contribution in [0.1, 0.15) is 12.5 Å². The lowest BCUT2D eigenvalue weighted by Crippen LogP contribution is -2.25. The fourth-order valence-corrected chi connectivity index (χ4v) is 0.957. The van der Waals surface area contributed by atoms with Crippen molar-refractivity contribution < 1.29 is 0 Å². The molecule has 1 atom stereocenters. The van der Waals surface area contributed by atoms with Gasteiger partial charge < -0.3 is 16.8 Å². The highest BCUT2D eigenvalue weighted by molar-refractivity contribution is 5.51. The van der Waals surface area contributed by atoms with Gasteiger partial charge >= 0.3 is 0 Å². The van der Waals surface area contributed by atoms with E-state index in [0.29, 0.717) is 12.2 Å². The molecule has 1 unspecified atom stereocenters. The standard InChI is InChI=1S/C9H16N4/c1-6-3-9(12-5-8(6)11)13-7(2)4-10/h3,5,7H,4,10-11H2,1-2H3,(H,12,13). The van der Waals surface area contributed by atoms with Gasteiger partial charge in [0, 0.05) is 12.6 Å². The van der Waals surface area contributed by atoms with E-state index in [1.54, 1.807) is 6.20 Å². The predicted molar refractivity (Wildman–Crippen MR) is 55.5 cm³/mol. The number of aromatic nitrogens is 1. The molecule has 5 N–H and O–H groups in total. The van der Waals surface area contributed by atoms with E-state index in [9.17, 15) is 0 Å². The largest absolute Gasteiger partial charge is 0.397 e. The Morgan fingerprint density at radius 2 is 2.31 bits per heavy atom. The highest BCUT2D eigenvalue weighted by atomic mass is 15.0. The molecule has 0 aliphatic carbocycles. The van der Waals surface area contributed by atoms with Crippen molar-refractivity contribution in [2.45, 2.75) is 19.9 Å². The molecular weight excluding hydrogens is 164 g/mol. The molecule has 13 heavy (non-hydrogen) atoms. The van der Waals surface area contributed by atoms with Gasteiger partial charge in [0.25, 0.3) is 0 Å². The third kappa shape index (κ3) is 2.59. The van der Waals surface area contributed by atoms with Crippen molar-refractivity contribution in [3.05, 3.63) is 17.8 Å². The van der Waals surface area contributed by atoms with Crippen LogP contribution in [0.15, 0.2) is 12.3 Å². The molecule has 1 aromatic rings. The van der Waals surface area contributed by atoms with E-state index in [0.717, 1.165) is 11.4 Å². The molecule has 0 saturated heterocycles. The molecule has 0 aromatic carbocycles. The Morgan fingerprint density at radius 3 is 2.85 bits per heavy atom. The average molecular weight is 180 g/mol. The van der Waals surface area contributed by atoms with E-state index in [4.69, 9.17) is 11.5 Å². The average Bonchev–Trinajstić information content (AvgIpc) is 2.11. The molecule has 0 aliphatic heterocycles. The van der Waals surface area contributed by atoms with Crippen molar-refractivity contribution in [2.75, 3.05) is 17.6 Å². The molecule has 4 nitrogen and oxygen atoms in total. The van der Waals surface area contributed by atoms with Gasteiger partial charge in [0.15, 0.2) is 0 Å². The maximum atomic E-state index is 5.64. The molecule has 0 amide bonds. The van der Waals surface area contributed by atoms with E-state index in [-0.39, 0.29) is 6.04 Å². The quantitative estimate of drug-likeness (QED) is 0.641. The summed E-state index contributed by atoms with van der Waals surface area (Å²) in [7, 11) is 0. The van der Waals surface area contributed by atoms with Crippen molar-refractivity contribution in [3.8, 4) is 0 Å². The Kier molecular flexibility index (Phi) is 3.08. The van der Waals surface area contributed by atoms with E-state index in [2.05, 4.69) is 10.3 Å². The maximum absolute atomic E-state index is 5.64. The van der Waals surface area contributed by atoms with Crippen molar-refractivity contribution in [1.29, 1.82) is 0 Å². The van der Waals surface area contributed by atoms with Gasteiger partial charge in [-0.3, -0.25) is 0 Å². The third-order valence-electron chi connectivity index (χ3n) is 1.90. The van der Waals surface area contributed by atoms with Gasteiger partial charge in [-0.1, -0.05) is 0 Å². The van der Waals surface area contributed by atoms with Crippen LogP contribution in [0.4, 0.5) is 11.5 Å². The minimum absolute atomic E-state index is 0.232. The SMILES string of the molecule is Cc1cc(NC(C)CN)ncc1N. The Hall–Kier alpha value is -1.29. The first-order valence-electron chi connectivity index (χ1n) is 4.32. The lowest BCUT2D eigenvalue weighted by atomic mass is 10.2. The summed E-state index contributed by atoms with van der Waals surface area (Å²) in [5, 5.41) is 3.17. The molecule has 0 saturated carbocycles. The second-order valence-corrected chi connectivity index (χ2v) is 3.21. The Morgan fingerprint density at radius 1 is 1.62 bits per heavy atom. The molecule has 0 radical (unpaired) electrons. The van der Waals surface area contributed by atoms with Gasteiger partial charge in [0.2, 0.25) is 0 Å². The van der Waals surface area contributed by atoms with Gasteiger partial charge in [-0.05, 0) is 25.5 Å². The summed E-state index contributed by atoms with van der Waals surface area (Å²) in [6.07, 6.45) is 1.65. The first kappa shape index (κ1) is 9.80. The van der Waals surface area contributed by atoms with Crippen LogP contribution >= 0.6 is 0 Å². The lowest BCUT2D eigenvalue weighted by Gasteiger charge is -2.12. The number of rotatable bonds is 3. The Bertz CT molecular complexity index is 285. The molecule has 0 aliphatic rings. The minimum atomic E-state index is 0.232. The summed E-state index contributed by atoms with van der Waals surface area (Å²) in [6.45, 7) is 4.55. The molecule has 1 aromatic heterocycles. The number of hydrogen-bond donors (Lipinski definition) is 3. The van der Waals surface area contributed by atoms with Gasteiger partial charge in [0.05, 0.1) is 11.9 Å². The van der Waals surface area contributed by atoms with Crippen molar-refractivity contribution in [2.24, 2.45) is 5.73 Å². The number of nitrogen functional groups attached to an aromatic ring is 1. The number of nitrogens with one attached hydrogen (secondary N) is 1. The van der Waals surface area contributed by atoms with Crippen molar-refractivity contribution in [1.82, 2.24) is 4.98 Å². The second-order valence-electron chi connectivity index (χ2n) is 3.21. The zero-order chi connectivity index (χ0) is 9.84. The zero-order valence-corrected chi connectivity index (χ0v) is 8.04. The highest BCUT2D eigenvalue weighted by Crippen LogP contribution is 2.13. The van der Waals surface area contributed by atoms with Crippen LogP contribution in [0.5, 0.6) is 0 Å². The van der Waals surface area contributed by atoms with E-state index < -0.39 is 0 Å². The number of nitrogens with two attached hydrogens (primary N) is 2. The van der Waals surface area contributed by atoms with Crippen LogP contribution in [0.25, 0.3) is 0 Å². The zero-order valence-electron chi connectivity index (χ0n) is 8.04. The predicted octanol–water partition coefficient (Wildman–Crippen LogP) is 0.731. The monoisotopic (exact) mass is 180 g/mol. The molecule has 4 heteroatoms. The lowest BCUT2D eigenvalue weighted by molar-refractivity contribution is 0.798. The molecule has 72 valence electrons. The molecule has 1 rings (SSSR count). The van der Waals surface area contributed by atoms with Crippen LogP contribution < -0.4 is 16.8 Å². The third-order valence-corrected chi connectivity index (χ3v) is 1.90. The van der Waals surface area contributed by atoms with Gasteiger partial charge in [-0.15, -0.1) is 0 Å². The van der Waals surface area contributed by atoms with Crippen LogP contribution in [0.3, 0.4) is 0 Å². The Labute approximate surface area is 78.3 Å². The maximum Gasteiger partial charge on any atom is 0.126 e. The number of aryl methyl sites for hydroxylation is 1. The van der Waals surface area contributed by atoms with Gasteiger partial charge in [0.1, 0.15) is 5.82 Å². The molecule has 1 heterocycles. The summed E-state index contributed by atoms with van der Waals surface area (Å²) >= 11 is 0. The number of anilines is 2. The first-order valence-corrected chi connectivity index (χ1v) is 4.32. The van der Waals surface area contributed by atoms with Gasteiger partial charge in [-0.2, -0.15) is 0 Å².